The molecule has 1 aliphatic rings. The number of nitrogens with one attached hydrogen (secondary N) is 2. The Morgan fingerprint density at radius 1 is 1.35 bits per heavy atom. The molecule has 0 saturated heterocycles. The number of aliphatic hydroxyl groups excluding tert-OH is 1. The van der Waals surface area contributed by atoms with Crippen molar-refractivity contribution < 1.29 is 9.90 Å². The zero-order chi connectivity index (χ0) is 12.7. The normalized spacial score (nSPS) is 26.5. The summed E-state index contributed by atoms with van der Waals surface area (Å²) in [4.78, 5) is 11.5. The van der Waals surface area contributed by atoms with E-state index >= 15 is 0 Å². The third-order valence-corrected chi connectivity index (χ3v) is 3.63. The van der Waals surface area contributed by atoms with Crippen molar-refractivity contribution in [3.63, 3.8) is 0 Å². The van der Waals surface area contributed by atoms with Crippen LogP contribution in [0.4, 0.5) is 0 Å². The molecule has 0 aromatic heterocycles. The van der Waals surface area contributed by atoms with E-state index in [2.05, 4.69) is 24.5 Å². The van der Waals surface area contributed by atoms with Gasteiger partial charge in [-0.1, -0.05) is 6.92 Å². The molecule has 1 unspecified atom stereocenters. The summed E-state index contributed by atoms with van der Waals surface area (Å²) in [6.45, 7) is 5.34. The van der Waals surface area contributed by atoms with E-state index in [1.54, 1.807) is 0 Å². The maximum atomic E-state index is 11.5. The van der Waals surface area contributed by atoms with E-state index in [0.29, 0.717) is 18.5 Å². The van der Waals surface area contributed by atoms with Crippen molar-refractivity contribution in [2.24, 2.45) is 5.92 Å². The second-order valence-corrected chi connectivity index (χ2v) is 5.17. The van der Waals surface area contributed by atoms with Gasteiger partial charge in [0, 0.05) is 12.6 Å². The molecule has 100 valence electrons. The fraction of sp³-hybridized carbons (Fsp3) is 0.923. The summed E-state index contributed by atoms with van der Waals surface area (Å²) in [6, 6.07) is 0.394. The largest absolute Gasteiger partial charge is 0.393 e. The maximum absolute atomic E-state index is 11.5. The Balaban J connectivity index is 2.07. The summed E-state index contributed by atoms with van der Waals surface area (Å²) in [6.07, 6.45) is 4.74. The van der Waals surface area contributed by atoms with Gasteiger partial charge in [0.2, 0.25) is 5.91 Å². The van der Waals surface area contributed by atoms with Crippen molar-refractivity contribution in [3.05, 3.63) is 0 Å². The molecule has 0 bridgehead atoms. The summed E-state index contributed by atoms with van der Waals surface area (Å²) in [7, 11) is 0. The Hall–Kier alpha value is -0.610. The lowest BCUT2D eigenvalue weighted by molar-refractivity contribution is -0.120. The van der Waals surface area contributed by atoms with E-state index in [1.165, 1.54) is 0 Å². The van der Waals surface area contributed by atoms with Gasteiger partial charge in [-0.15, -0.1) is 0 Å². The van der Waals surface area contributed by atoms with Crippen LogP contribution in [0.3, 0.4) is 0 Å². The van der Waals surface area contributed by atoms with E-state index in [-0.39, 0.29) is 12.0 Å². The second kappa shape index (κ2) is 7.67. The van der Waals surface area contributed by atoms with Crippen molar-refractivity contribution in [1.82, 2.24) is 10.6 Å². The smallest absolute Gasteiger partial charge is 0.233 e. The number of carbonyl (C=O) groups is 1. The SMILES string of the molecule is CCC(C)NCC(=O)NCC1CCC(O)CC1. The van der Waals surface area contributed by atoms with Gasteiger partial charge in [-0.2, -0.15) is 0 Å². The minimum absolute atomic E-state index is 0.0800. The summed E-state index contributed by atoms with van der Waals surface area (Å²) in [5.41, 5.74) is 0. The van der Waals surface area contributed by atoms with E-state index in [4.69, 9.17) is 0 Å². The highest BCUT2D eigenvalue weighted by Crippen LogP contribution is 2.23. The minimum atomic E-state index is -0.117. The first kappa shape index (κ1) is 14.5. The first-order valence-electron chi connectivity index (χ1n) is 6.80. The van der Waals surface area contributed by atoms with Crippen LogP contribution in [-0.2, 0) is 4.79 Å². The highest BCUT2D eigenvalue weighted by Gasteiger charge is 2.19. The number of hydrogen-bond donors (Lipinski definition) is 3. The van der Waals surface area contributed by atoms with Crippen molar-refractivity contribution in [2.45, 2.75) is 58.1 Å². The Bertz CT molecular complexity index is 225. The van der Waals surface area contributed by atoms with Gasteiger partial charge in [-0.3, -0.25) is 4.79 Å². The predicted octanol–water partition coefficient (Wildman–Crippen LogP) is 1.04. The highest BCUT2D eigenvalue weighted by atomic mass is 16.3. The van der Waals surface area contributed by atoms with Crippen LogP contribution in [0.1, 0.15) is 46.0 Å². The molecule has 1 fully saturated rings. The molecule has 3 N–H and O–H groups in total. The quantitative estimate of drug-likeness (QED) is 0.652. The maximum Gasteiger partial charge on any atom is 0.233 e. The monoisotopic (exact) mass is 242 g/mol. The average Bonchev–Trinajstić information content (AvgIpc) is 2.35. The van der Waals surface area contributed by atoms with Gasteiger partial charge in [-0.25, -0.2) is 0 Å². The second-order valence-electron chi connectivity index (χ2n) is 5.17. The Kier molecular flexibility index (Phi) is 6.52. The van der Waals surface area contributed by atoms with Crippen molar-refractivity contribution in [2.75, 3.05) is 13.1 Å². The summed E-state index contributed by atoms with van der Waals surface area (Å²) in [5, 5.41) is 15.5. The fourth-order valence-electron chi connectivity index (χ4n) is 2.08. The number of carbonyl (C=O) groups excluding carboxylic acids is 1. The van der Waals surface area contributed by atoms with Gasteiger partial charge in [0.15, 0.2) is 0 Å². The van der Waals surface area contributed by atoms with Crippen LogP contribution in [0, 0.1) is 5.92 Å². The van der Waals surface area contributed by atoms with Gasteiger partial charge in [0.25, 0.3) is 0 Å². The Morgan fingerprint density at radius 3 is 2.59 bits per heavy atom. The van der Waals surface area contributed by atoms with Crippen LogP contribution in [0.2, 0.25) is 0 Å². The number of aliphatic hydroxyl groups is 1. The summed E-state index contributed by atoms with van der Waals surface area (Å²) < 4.78 is 0. The zero-order valence-corrected chi connectivity index (χ0v) is 11.0. The minimum Gasteiger partial charge on any atom is -0.393 e. The molecule has 0 heterocycles. The van der Waals surface area contributed by atoms with Gasteiger partial charge in [0.05, 0.1) is 12.6 Å². The van der Waals surface area contributed by atoms with Crippen LogP contribution < -0.4 is 10.6 Å². The van der Waals surface area contributed by atoms with Crippen LogP contribution in [0.25, 0.3) is 0 Å². The van der Waals surface area contributed by atoms with Crippen molar-refractivity contribution in [3.8, 4) is 0 Å². The lowest BCUT2D eigenvalue weighted by Gasteiger charge is -2.25. The topological polar surface area (TPSA) is 61.4 Å². The van der Waals surface area contributed by atoms with Crippen molar-refractivity contribution in [1.29, 1.82) is 0 Å². The van der Waals surface area contributed by atoms with Crippen LogP contribution in [0.5, 0.6) is 0 Å². The summed E-state index contributed by atoms with van der Waals surface area (Å²) >= 11 is 0. The molecular weight excluding hydrogens is 216 g/mol. The van der Waals surface area contributed by atoms with Gasteiger partial charge >= 0.3 is 0 Å². The molecule has 1 saturated carbocycles. The fourth-order valence-corrected chi connectivity index (χ4v) is 2.08. The Labute approximate surface area is 104 Å². The molecule has 1 rings (SSSR count). The number of hydrogen-bond acceptors (Lipinski definition) is 3. The van der Waals surface area contributed by atoms with E-state index in [9.17, 15) is 9.90 Å². The molecule has 0 aromatic rings. The van der Waals surface area contributed by atoms with Crippen LogP contribution >= 0.6 is 0 Å². The molecule has 1 aliphatic carbocycles. The molecular formula is C13H26N2O2. The standard InChI is InChI=1S/C13H26N2O2/c1-3-10(2)14-9-13(17)15-8-11-4-6-12(16)7-5-11/h10-12,14,16H,3-9H2,1-2H3,(H,15,17). The molecule has 4 nitrogen and oxygen atoms in total. The lowest BCUT2D eigenvalue weighted by Crippen LogP contribution is -2.40. The molecule has 0 aliphatic heterocycles. The van der Waals surface area contributed by atoms with E-state index in [1.807, 2.05) is 0 Å². The van der Waals surface area contributed by atoms with E-state index < -0.39 is 0 Å². The summed E-state index contributed by atoms with van der Waals surface area (Å²) in [5.74, 6) is 0.627. The lowest BCUT2D eigenvalue weighted by atomic mass is 9.87. The van der Waals surface area contributed by atoms with E-state index in [0.717, 1.165) is 38.6 Å². The third kappa shape index (κ3) is 6.03. The first-order valence-corrected chi connectivity index (χ1v) is 6.80. The van der Waals surface area contributed by atoms with Crippen molar-refractivity contribution >= 4 is 5.91 Å². The molecule has 0 radical (unpaired) electrons. The van der Waals surface area contributed by atoms with Gasteiger partial charge in [0.1, 0.15) is 0 Å². The predicted molar refractivity (Wildman–Crippen MR) is 68.7 cm³/mol. The Morgan fingerprint density at radius 2 is 2.00 bits per heavy atom. The average molecular weight is 242 g/mol. The molecule has 0 spiro atoms. The third-order valence-electron chi connectivity index (χ3n) is 3.63. The number of amides is 1. The molecule has 0 aromatic carbocycles. The van der Waals surface area contributed by atoms with Crippen LogP contribution in [0.15, 0.2) is 0 Å². The number of rotatable bonds is 6. The highest BCUT2D eigenvalue weighted by molar-refractivity contribution is 5.77. The molecule has 1 atom stereocenters. The van der Waals surface area contributed by atoms with Crippen LogP contribution in [-0.4, -0.2) is 36.2 Å². The zero-order valence-electron chi connectivity index (χ0n) is 11.0. The van der Waals surface area contributed by atoms with Gasteiger partial charge < -0.3 is 15.7 Å². The molecule has 4 heteroatoms. The molecule has 1 amide bonds. The van der Waals surface area contributed by atoms with Gasteiger partial charge in [-0.05, 0) is 44.9 Å². The first-order chi connectivity index (χ1) is 8.11. The molecule has 17 heavy (non-hydrogen) atoms.